The smallest absolute Gasteiger partial charge is 0.270 e. The molecule has 1 amide bonds. The highest BCUT2D eigenvalue weighted by Gasteiger charge is 2.18. The number of H-pyrrole nitrogens is 1. The number of carbonyl (C=O) groups is 1. The average Bonchev–Trinajstić information content (AvgIpc) is 2.88. The summed E-state index contributed by atoms with van der Waals surface area (Å²) in [5, 5.41) is 18.2. The van der Waals surface area contributed by atoms with Crippen LogP contribution in [0, 0.1) is 5.82 Å². The van der Waals surface area contributed by atoms with E-state index in [0.717, 1.165) is 0 Å². The molecular weight excluding hydrogens is 263 g/mol. The number of carbonyl (C=O) groups excluding carboxylic acids is 1. The van der Waals surface area contributed by atoms with Crippen molar-refractivity contribution in [3.8, 4) is 0 Å². The Kier molecular flexibility index (Phi) is 4.70. The summed E-state index contributed by atoms with van der Waals surface area (Å²) in [5.41, 5.74) is 0.830. The van der Waals surface area contributed by atoms with Crippen LogP contribution >= 0.6 is 0 Å². The lowest BCUT2D eigenvalue weighted by Gasteiger charge is -2.20. The predicted molar refractivity (Wildman–Crippen MR) is 72.9 cm³/mol. The first-order valence-corrected chi connectivity index (χ1v) is 6.45. The number of benzene rings is 1. The molecule has 1 aromatic carbocycles. The Bertz CT molecular complexity index is 597. The number of nitrogens with zero attached hydrogens (tertiary/aromatic N) is 1. The maximum Gasteiger partial charge on any atom is 0.270 e. The molecule has 6 heteroatoms. The lowest BCUT2D eigenvalue weighted by molar-refractivity contribution is 0.0705. The van der Waals surface area contributed by atoms with Gasteiger partial charge >= 0.3 is 0 Å². The van der Waals surface area contributed by atoms with E-state index in [2.05, 4.69) is 4.98 Å². The number of aliphatic hydroxyl groups excluding tert-OH is 2. The van der Waals surface area contributed by atoms with E-state index in [0.29, 0.717) is 23.9 Å². The molecule has 0 radical (unpaired) electrons. The van der Waals surface area contributed by atoms with Crippen molar-refractivity contribution < 1.29 is 19.4 Å². The fourth-order valence-electron chi connectivity index (χ4n) is 2.10. The van der Waals surface area contributed by atoms with E-state index >= 15 is 0 Å². The minimum atomic E-state index is -0.387. The second-order valence-corrected chi connectivity index (χ2v) is 4.48. The van der Waals surface area contributed by atoms with Gasteiger partial charge in [0, 0.05) is 30.6 Å². The highest BCUT2D eigenvalue weighted by molar-refractivity contribution is 5.98. The molecule has 0 atom stereocenters. The third-order valence-electron chi connectivity index (χ3n) is 3.08. The van der Waals surface area contributed by atoms with Gasteiger partial charge in [-0.3, -0.25) is 4.79 Å². The normalized spacial score (nSPS) is 10.9. The molecule has 0 unspecified atom stereocenters. The van der Waals surface area contributed by atoms with Gasteiger partial charge in [0.05, 0.1) is 6.61 Å². The van der Waals surface area contributed by atoms with Crippen LogP contribution in [0.3, 0.4) is 0 Å². The van der Waals surface area contributed by atoms with Crippen molar-refractivity contribution in [3.63, 3.8) is 0 Å². The summed E-state index contributed by atoms with van der Waals surface area (Å²) in [7, 11) is 0. The molecular formula is C14H17FN2O3. The maximum atomic E-state index is 13.6. The third kappa shape index (κ3) is 2.97. The molecule has 3 N–H and O–H groups in total. The van der Waals surface area contributed by atoms with Gasteiger partial charge in [0.2, 0.25) is 0 Å². The summed E-state index contributed by atoms with van der Waals surface area (Å²) in [4.78, 5) is 16.6. The predicted octanol–water partition coefficient (Wildman–Crippen LogP) is 1.12. The average molecular weight is 280 g/mol. The molecule has 0 saturated heterocycles. The number of nitrogens with one attached hydrogen (secondary N) is 1. The van der Waals surface area contributed by atoms with Crippen LogP contribution in [-0.4, -0.2) is 52.3 Å². The molecule has 108 valence electrons. The summed E-state index contributed by atoms with van der Waals surface area (Å²) >= 11 is 0. The van der Waals surface area contributed by atoms with E-state index in [1.807, 2.05) is 0 Å². The molecule has 0 saturated carbocycles. The lowest BCUT2D eigenvalue weighted by atomic mass is 10.2. The number of fused-ring (bicyclic) bond motifs is 1. The summed E-state index contributed by atoms with van der Waals surface area (Å²) in [6.45, 7) is 0.326. The molecule has 5 nitrogen and oxygen atoms in total. The number of aliphatic hydroxyl groups is 2. The standard InChI is InChI=1S/C14H17FN2O3/c15-11-3-1-4-12-10(11)9-13(16-12)14(20)17(6-8-19)5-2-7-18/h1,3-4,9,16,18-19H,2,5-8H2. The number of aromatic amines is 1. The first-order chi connectivity index (χ1) is 9.67. The molecule has 0 spiro atoms. The van der Waals surface area contributed by atoms with Crippen molar-refractivity contribution in [2.45, 2.75) is 6.42 Å². The second kappa shape index (κ2) is 6.49. The van der Waals surface area contributed by atoms with Gasteiger partial charge in [-0.1, -0.05) is 6.07 Å². The van der Waals surface area contributed by atoms with Crippen LogP contribution in [0.5, 0.6) is 0 Å². The van der Waals surface area contributed by atoms with Crippen LogP contribution in [-0.2, 0) is 0 Å². The van der Waals surface area contributed by atoms with Gasteiger partial charge in [-0.2, -0.15) is 0 Å². The Hall–Kier alpha value is -1.92. The Morgan fingerprint density at radius 1 is 1.25 bits per heavy atom. The zero-order chi connectivity index (χ0) is 14.5. The van der Waals surface area contributed by atoms with Crippen LogP contribution in [0.2, 0.25) is 0 Å². The molecule has 0 aliphatic heterocycles. The Morgan fingerprint density at radius 2 is 2.05 bits per heavy atom. The zero-order valence-electron chi connectivity index (χ0n) is 11.0. The minimum Gasteiger partial charge on any atom is -0.396 e. The van der Waals surface area contributed by atoms with Crippen molar-refractivity contribution in [3.05, 3.63) is 35.8 Å². The van der Waals surface area contributed by atoms with Crippen molar-refractivity contribution in [1.82, 2.24) is 9.88 Å². The fourth-order valence-corrected chi connectivity index (χ4v) is 2.10. The maximum absolute atomic E-state index is 13.6. The summed E-state index contributed by atoms with van der Waals surface area (Å²) in [6.07, 6.45) is 0.431. The van der Waals surface area contributed by atoms with Crippen molar-refractivity contribution in [2.24, 2.45) is 0 Å². The van der Waals surface area contributed by atoms with Crippen LogP contribution in [0.4, 0.5) is 4.39 Å². The fraction of sp³-hybridized carbons (Fsp3) is 0.357. The minimum absolute atomic E-state index is 0.0312. The summed E-state index contributed by atoms with van der Waals surface area (Å²) < 4.78 is 13.6. The molecule has 2 rings (SSSR count). The second-order valence-electron chi connectivity index (χ2n) is 4.48. The summed E-state index contributed by atoms with van der Waals surface area (Å²) in [6, 6.07) is 6.07. The molecule has 0 aliphatic carbocycles. The first-order valence-electron chi connectivity index (χ1n) is 6.45. The Balaban J connectivity index is 2.26. The highest BCUT2D eigenvalue weighted by Crippen LogP contribution is 2.19. The van der Waals surface area contributed by atoms with Gasteiger partial charge in [0.15, 0.2) is 0 Å². The molecule has 0 bridgehead atoms. The van der Waals surface area contributed by atoms with Crippen LogP contribution in [0.1, 0.15) is 16.9 Å². The van der Waals surface area contributed by atoms with Gasteiger partial charge in [0.1, 0.15) is 11.5 Å². The zero-order valence-corrected chi connectivity index (χ0v) is 11.0. The third-order valence-corrected chi connectivity index (χ3v) is 3.08. The van der Waals surface area contributed by atoms with Gasteiger partial charge < -0.3 is 20.1 Å². The molecule has 1 aromatic heterocycles. The van der Waals surface area contributed by atoms with Crippen molar-refractivity contribution >= 4 is 16.8 Å². The number of aromatic nitrogens is 1. The molecule has 1 heterocycles. The van der Waals surface area contributed by atoms with Crippen LogP contribution < -0.4 is 0 Å². The topological polar surface area (TPSA) is 76.6 Å². The largest absolute Gasteiger partial charge is 0.396 e. The first kappa shape index (κ1) is 14.5. The Labute approximate surface area is 115 Å². The Morgan fingerprint density at radius 3 is 2.70 bits per heavy atom. The van der Waals surface area contributed by atoms with Crippen molar-refractivity contribution in [2.75, 3.05) is 26.3 Å². The monoisotopic (exact) mass is 280 g/mol. The van der Waals surface area contributed by atoms with Crippen molar-refractivity contribution in [1.29, 1.82) is 0 Å². The number of hydrogen-bond acceptors (Lipinski definition) is 3. The van der Waals surface area contributed by atoms with Gasteiger partial charge in [-0.05, 0) is 24.6 Å². The van der Waals surface area contributed by atoms with E-state index in [-0.39, 0.29) is 37.2 Å². The van der Waals surface area contributed by atoms with E-state index in [9.17, 15) is 9.18 Å². The van der Waals surface area contributed by atoms with E-state index < -0.39 is 0 Å². The van der Waals surface area contributed by atoms with Gasteiger partial charge in [-0.25, -0.2) is 4.39 Å². The lowest BCUT2D eigenvalue weighted by Crippen LogP contribution is -2.35. The number of rotatable bonds is 6. The van der Waals surface area contributed by atoms with E-state index in [1.54, 1.807) is 12.1 Å². The van der Waals surface area contributed by atoms with Crippen LogP contribution in [0.15, 0.2) is 24.3 Å². The van der Waals surface area contributed by atoms with Gasteiger partial charge in [0.25, 0.3) is 5.91 Å². The highest BCUT2D eigenvalue weighted by atomic mass is 19.1. The molecule has 0 fully saturated rings. The number of hydrogen-bond donors (Lipinski definition) is 3. The molecule has 0 aliphatic rings. The molecule has 20 heavy (non-hydrogen) atoms. The van der Waals surface area contributed by atoms with Crippen LogP contribution in [0.25, 0.3) is 10.9 Å². The molecule has 2 aromatic rings. The van der Waals surface area contributed by atoms with E-state index in [4.69, 9.17) is 10.2 Å². The number of amides is 1. The van der Waals surface area contributed by atoms with E-state index in [1.165, 1.54) is 17.0 Å². The number of halogens is 1. The summed E-state index contributed by atoms with van der Waals surface area (Å²) in [5.74, 6) is -0.704. The van der Waals surface area contributed by atoms with Gasteiger partial charge in [-0.15, -0.1) is 0 Å². The SMILES string of the molecule is O=C(c1cc2c(F)cccc2[nH]1)N(CCO)CCCO. The quantitative estimate of drug-likeness (QED) is 0.742.